The Morgan fingerprint density at radius 3 is 1.97 bits per heavy atom. The Morgan fingerprint density at radius 2 is 1.45 bits per heavy atom. The van der Waals surface area contributed by atoms with Crippen molar-refractivity contribution in [1.29, 1.82) is 0 Å². The number of hydrogen-bond donors (Lipinski definition) is 0. The van der Waals surface area contributed by atoms with Crippen LogP contribution in [-0.2, 0) is 29.0 Å². The second-order valence-electron chi connectivity index (χ2n) is 10.7. The van der Waals surface area contributed by atoms with Crippen LogP contribution in [0.5, 0.6) is 0 Å². The van der Waals surface area contributed by atoms with Crippen LogP contribution in [0.25, 0.3) is 0 Å². The number of hydrogen-bond acceptors (Lipinski definition) is 2. The van der Waals surface area contributed by atoms with Crippen LogP contribution in [0.15, 0.2) is 48.5 Å². The van der Waals surface area contributed by atoms with Gasteiger partial charge in [0.15, 0.2) is 0 Å². The van der Waals surface area contributed by atoms with Crippen LogP contribution in [0, 0.1) is 0 Å². The molecule has 4 aliphatic heterocycles. The number of benzene rings is 2. The maximum absolute atomic E-state index is 13.3. The molecular weight excluding hydrogens is 534 g/mol. The summed E-state index contributed by atoms with van der Waals surface area (Å²) in [6.07, 6.45) is -6.78. The average molecular weight is 563 g/mol. The lowest BCUT2D eigenvalue weighted by molar-refractivity contribution is -0.943. The number of ether oxygens (including phenoxy) is 1. The van der Waals surface area contributed by atoms with E-state index in [1.54, 1.807) is 0 Å². The van der Waals surface area contributed by atoms with Crippen molar-refractivity contribution in [2.75, 3.05) is 32.8 Å². The molecule has 4 fully saturated rings. The molecule has 4 saturated heterocycles. The van der Waals surface area contributed by atoms with Crippen LogP contribution in [0.2, 0.25) is 0 Å². The molecule has 0 spiro atoms. The molecule has 11 heteroatoms. The fourth-order valence-corrected chi connectivity index (χ4v) is 6.28. The van der Waals surface area contributed by atoms with Crippen LogP contribution in [0.4, 0.5) is 31.1 Å². The molecule has 4 nitrogen and oxygen atoms in total. The van der Waals surface area contributed by atoms with Gasteiger partial charge in [0.2, 0.25) is 0 Å². The van der Waals surface area contributed by atoms with E-state index in [2.05, 4.69) is 24.3 Å². The minimum Gasteiger partial charge on any atom is -1.00 e. The summed E-state index contributed by atoms with van der Waals surface area (Å²) in [6.45, 7) is 3.54. The third kappa shape index (κ3) is 5.61. The number of rotatable bonds is 6. The number of carbonyl (C=O) groups excluding carboxylic acids is 1. The van der Waals surface area contributed by atoms with Crippen molar-refractivity contribution in [2.24, 2.45) is 0 Å². The van der Waals surface area contributed by atoms with Gasteiger partial charge in [-0.1, -0.05) is 30.3 Å². The highest BCUT2D eigenvalue weighted by atomic mass is 35.5. The first-order valence-electron chi connectivity index (χ1n) is 12.5. The summed E-state index contributed by atoms with van der Waals surface area (Å²) in [5.41, 5.74) is -1.40. The van der Waals surface area contributed by atoms with Crippen molar-refractivity contribution < 1.29 is 52.8 Å². The highest BCUT2D eigenvalue weighted by molar-refractivity contribution is 5.70. The van der Waals surface area contributed by atoms with Crippen molar-refractivity contribution in [1.82, 2.24) is 4.90 Å². The maximum atomic E-state index is 13.3. The highest BCUT2D eigenvalue weighted by Gasteiger charge is 2.50. The predicted octanol–water partition coefficient (Wildman–Crippen LogP) is 3.39. The van der Waals surface area contributed by atoms with Crippen molar-refractivity contribution in [3.8, 4) is 0 Å². The summed E-state index contributed by atoms with van der Waals surface area (Å²) < 4.78 is 85.8. The lowest BCUT2D eigenvalue weighted by Gasteiger charge is -2.55. The third-order valence-corrected chi connectivity index (χ3v) is 8.59. The molecule has 38 heavy (non-hydrogen) atoms. The number of alkyl halides is 6. The van der Waals surface area contributed by atoms with E-state index < -0.39 is 35.6 Å². The first-order chi connectivity index (χ1) is 17.4. The summed E-state index contributed by atoms with van der Waals surface area (Å²) in [5, 5.41) is 0. The Labute approximate surface area is 223 Å². The number of halogens is 7. The van der Waals surface area contributed by atoms with E-state index in [0.717, 1.165) is 49.9 Å². The summed E-state index contributed by atoms with van der Waals surface area (Å²) in [4.78, 5) is 13.7. The predicted molar refractivity (Wildman–Crippen MR) is 123 cm³/mol. The molecule has 4 aliphatic rings. The van der Waals surface area contributed by atoms with E-state index in [0.29, 0.717) is 18.6 Å². The minimum absolute atomic E-state index is 0. The second-order valence-corrected chi connectivity index (χ2v) is 10.7. The highest BCUT2D eigenvalue weighted by Crippen LogP contribution is 2.46. The zero-order chi connectivity index (χ0) is 26.5. The molecule has 2 aromatic rings. The molecule has 2 bridgehead atoms. The zero-order valence-corrected chi connectivity index (χ0v) is 21.4. The molecule has 0 aliphatic carbocycles. The first kappa shape index (κ1) is 28.5. The van der Waals surface area contributed by atoms with Gasteiger partial charge in [0, 0.05) is 37.6 Å². The topological polar surface area (TPSA) is 29.5 Å². The Hall–Kier alpha value is -2.46. The van der Waals surface area contributed by atoms with Crippen LogP contribution in [-0.4, -0.2) is 54.3 Å². The number of quaternary nitrogens is 1. The van der Waals surface area contributed by atoms with Gasteiger partial charge in [-0.2, -0.15) is 26.3 Å². The molecule has 1 atom stereocenters. The maximum Gasteiger partial charge on any atom is 0.416 e. The summed E-state index contributed by atoms with van der Waals surface area (Å²) in [5.74, 6) is 0. The molecule has 0 aromatic heterocycles. The second kappa shape index (κ2) is 10.3. The van der Waals surface area contributed by atoms with Crippen LogP contribution in [0.3, 0.4) is 0 Å². The first-order valence-corrected chi connectivity index (χ1v) is 12.5. The monoisotopic (exact) mass is 562 g/mol. The third-order valence-electron chi connectivity index (χ3n) is 8.59. The lowest BCUT2D eigenvalue weighted by atomic mass is 9.66. The Balaban J connectivity index is 0.00000336. The van der Waals surface area contributed by atoms with Crippen molar-refractivity contribution >= 4 is 6.09 Å². The Bertz CT molecular complexity index is 1100. The largest absolute Gasteiger partial charge is 1.00 e. The number of cyclic esters (lactones) is 1. The number of fused-ring (bicyclic) bond motifs is 3. The van der Waals surface area contributed by atoms with E-state index in [9.17, 15) is 31.1 Å². The number of amides is 1. The molecule has 0 radical (unpaired) electrons. The summed E-state index contributed by atoms with van der Waals surface area (Å²) in [6, 6.07) is 11.6. The van der Waals surface area contributed by atoms with Gasteiger partial charge in [0.1, 0.15) is 6.61 Å². The van der Waals surface area contributed by atoms with Gasteiger partial charge in [0.05, 0.1) is 43.3 Å². The molecule has 208 valence electrons. The van der Waals surface area contributed by atoms with Gasteiger partial charge in [0.25, 0.3) is 0 Å². The van der Waals surface area contributed by atoms with Gasteiger partial charge >= 0.3 is 18.4 Å². The van der Waals surface area contributed by atoms with E-state index in [1.165, 1.54) is 10.5 Å². The average Bonchev–Trinajstić information content (AvgIpc) is 3.22. The normalized spacial score (nSPS) is 27.3. The fraction of sp³-hybridized carbons (Fsp3) is 0.519. The molecule has 6 rings (SSSR count). The smallest absolute Gasteiger partial charge is 0.416 e. The van der Waals surface area contributed by atoms with Gasteiger partial charge in [-0.25, -0.2) is 4.79 Å². The molecule has 4 heterocycles. The summed E-state index contributed by atoms with van der Waals surface area (Å²) >= 11 is 0. The van der Waals surface area contributed by atoms with Gasteiger partial charge in [-0.3, -0.25) is 4.90 Å². The summed E-state index contributed by atoms with van der Waals surface area (Å²) in [7, 11) is 0. The van der Waals surface area contributed by atoms with E-state index >= 15 is 0 Å². The lowest BCUT2D eigenvalue weighted by Crippen LogP contribution is -3.00. The fourth-order valence-electron chi connectivity index (χ4n) is 6.28. The van der Waals surface area contributed by atoms with E-state index in [-0.39, 0.29) is 42.6 Å². The van der Waals surface area contributed by atoms with Crippen molar-refractivity contribution in [3.05, 3.63) is 70.8 Å². The SMILES string of the molecule is O=C1OCC(CC[N+]23CCC(c4ccccc4)(CC2)CC3)N1Cc1cc(C(F)(F)F)cc(C(F)(F)F)c1.[Cl-]. The van der Waals surface area contributed by atoms with Gasteiger partial charge < -0.3 is 21.6 Å². The molecule has 1 amide bonds. The number of carbonyl (C=O) groups is 1. The van der Waals surface area contributed by atoms with E-state index in [4.69, 9.17) is 4.74 Å². The van der Waals surface area contributed by atoms with E-state index in [1.807, 2.05) is 6.07 Å². The Morgan fingerprint density at radius 1 is 0.895 bits per heavy atom. The van der Waals surface area contributed by atoms with Crippen molar-refractivity contribution in [3.63, 3.8) is 0 Å². The number of nitrogens with zero attached hydrogens (tertiary/aromatic N) is 2. The molecule has 0 N–H and O–H groups in total. The van der Waals surface area contributed by atoms with Crippen LogP contribution in [0.1, 0.15) is 47.9 Å². The molecular formula is C27H29ClF6N2O2. The van der Waals surface area contributed by atoms with Crippen LogP contribution < -0.4 is 12.4 Å². The molecule has 2 aromatic carbocycles. The Kier molecular flexibility index (Phi) is 7.71. The molecule has 0 saturated carbocycles. The van der Waals surface area contributed by atoms with Crippen molar-refractivity contribution in [2.45, 2.75) is 56.0 Å². The quantitative estimate of drug-likeness (QED) is 0.399. The van der Waals surface area contributed by atoms with Crippen LogP contribution >= 0.6 is 0 Å². The zero-order valence-electron chi connectivity index (χ0n) is 20.6. The molecule has 1 unspecified atom stereocenters. The standard InChI is InChI=1S/C27H29F6N2O2.ClH/c28-26(29,30)21-14-19(15-22(16-21)27(31,32)33)17-34-23(18-37-24(34)36)6-10-35-11-7-25(8-12-35,9-13-35)20-4-2-1-3-5-20;/h1-5,14-16,23H,6-13,17-18H2;1H/q+1;/p-1. The van der Waals surface area contributed by atoms with Gasteiger partial charge in [-0.05, 0) is 29.3 Å². The van der Waals surface area contributed by atoms with Gasteiger partial charge in [-0.15, -0.1) is 0 Å². The minimum atomic E-state index is -4.94. The number of piperidine rings is 3.